The minimum Gasteiger partial charge on any atom is -0.305 e. The first-order valence-corrected chi connectivity index (χ1v) is 6.40. The predicted molar refractivity (Wildman–Crippen MR) is 69.4 cm³/mol. The normalized spacial score (nSPS) is 22.8. The van der Waals surface area contributed by atoms with Crippen LogP contribution < -0.4 is 0 Å². The molecule has 0 saturated carbocycles. The van der Waals surface area contributed by atoms with Gasteiger partial charge in [0.1, 0.15) is 0 Å². The Morgan fingerprint density at radius 1 is 1.27 bits per heavy atom. The van der Waals surface area contributed by atoms with Crippen molar-refractivity contribution in [2.24, 2.45) is 0 Å². The van der Waals surface area contributed by atoms with E-state index < -0.39 is 0 Å². The third-order valence-corrected chi connectivity index (χ3v) is 3.01. The molecule has 92 valence electrons. The zero-order valence-corrected chi connectivity index (χ0v) is 11.8. The smallest absolute Gasteiger partial charge is 0.0240 e. The Labute approximate surface area is 96.6 Å². The van der Waals surface area contributed by atoms with Crippen molar-refractivity contribution in [2.75, 3.05) is 26.7 Å². The second-order valence-corrected chi connectivity index (χ2v) is 5.16. The van der Waals surface area contributed by atoms with Crippen molar-refractivity contribution in [1.82, 2.24) is 9.80 Å². The van der Waals surface area contributed by atoms with E-state index in [-0.39, 0.29) is 0 Å². The molecular weight excluding hydrogens is 184 g/mol. The maximum absolute atomic E-state index is 2.62. The Balaban J connectivity index is 0.000000921. The number of likely N-dealkylation sites (N-methyl/N-ethyl adjacent to an activating group) is 2. The molecule has 1 rings (SSSR count). The summed E-state index contributed by atoms with van der Waals surface area (Å²) >= 11 is 0. The molecule has 0 radical (unpaired) electrons. The molecule has 1 aliphatic heterocycles. The lowest BCUT2D eigenvalue weighted by atomic mass is 10.0. The second kappa shape index (κ2) is 6.49. The van der Waals surface area contributed by atoms with Gasteiger partial charge in [0.15, 0.2) is 0 Å². The zero-order valence-electron chi connectivity index (χ0n) is 11.8. The van der Waals surface area contributed by atoms with Crippen LogP contribution in [0.25, 0.3) is 0 Å². The number of hydrogen-bond donors (Lipinski definition) is 0. The molecule has 0 aromatic rings. The summed E-state index contributed by atoms with van der Waals surface area (Å²) in [6.07, 6.45) is 1.33. The summed E-state index contributed by atoms with van der Waals surface area (Å²) in [6, 6.07) is 0.773. The first-order chi connectivity index (χ1) is 6.95. The minimum absolute atomic E-state index is 0.324. The van der Waals surface area contributed by atoms with Gasteiger partial charge in [-0.2, -0.15) is 0 Å². The summed E-state index contributed by atoms with van der Waals surface area (Å²) in [4.78, 5) is 5.05. The van der Waals surface area contributed by atoms with Crippen LogP contribution in [0.5, 0.6) is 0 Å². The Hall–Kier alpha value is -0.0800. The van der Waals surface area contributed by atoms with Crippen molar-refractivity contribution in [3.63, 3.8) is 0 Å². The van der Waals surface area contributed by atoms with Crippen LogP contribution in [0.3, 0.4) is 0 Å². The number of nitrogens with zero attached hydrogens (tertiary/aromatic N) is 2. The summed E-state index contributed by atoms with van der Waals surface area (Å²) < 4.78 is 0. The van der Waals surface area contributed by atoms with Crippen molar-refractivity contribution < 1.29 is 0 Å². The Kier molecular flexibility index (Phi) is 6.46. The summed E-state index contributed by atoms with van der Waals surface area (Å²) in [5.41, 5.74) is 0.324. The van der Waals surface area contributed by atoms with E-state index in [0.717, 1.165) is 6.04 Å². The molecule has 1 atom stereocenters. The highest BCUT2D eigenvalue weighted by Crippen LogP contribution is 2.22. The SMILES string of the molecule is CC.CCN(C1CCN(C)C1)C(C)(C)C. The van der Waals surface area contributed by atoms with Crippen LogP contribution in [0.2, 0.25) is 0 Å². The Bertz CT molecular complexity index is 160. The minimum atomic E-state index is 0.324. The van der Waals surface area contributed by atoms with E-state index in [1.54, 1.807) is 0 Å². The fourth-order valence-electron chi connectivity index (χ4n) is 2.45. The van der Waals surface area contributed by atoms with Gasteiger partial charge in [0, 0.05) is 18.1 Å². The van der Waals surface area contributed by atoms with E-state index in [1.165, 1.54) is 26.1 Å². The van der Waals surface area contributed by atoms with E-state index >= 15 is 0 Å². The van der Waals surface area contributed by atoms with E-state index in [2.05, 4.69) is 44.5 Å². The molecule has 1 heterocycles. The van der Waals surface area contributed by atoms with Crippen molar-refractivity contribution in [3.8, 4) is 0 Å². The molecule has 0 spiro atoms. The zero-order chi connectivity index (χ0) is 12.1. The van der Waals surface area contributed by atoms with Crippen molar-refractivity contribution in [2.45, 2.75) is 59.5 Å². The van der Waals surface area contributed by atoms with Gasteiger partial charge in [-0.25, -0.2) is 0 Å². The summed E-state index contributed by atoms with van der Waals surface area (Å²) in [7, 11) is 2.22. The molecule has 0 aromatic carbocycles. The fourth-order valence-corrected chi connectivity index (χ4v) is 2.45. The highest BCUT2D eigenvalue weighted by atomic mass is 15.3. The van der Waals surface area contributed by atoms with Gasteiger partial charge in [0.05, 0.1) is 0 Å². The van der Waals surface area contributed by atoms with Gasteiger partial charge in [0.25, 0.3) is 0 Å². The van der Waals surface area contributed by atoms with Gasteiger partial charge < -0.3 is 4.90 Å². The van der Waals surface area contributed by atoms with E-state index in [0.29, 0.717) is 5.54 Å². The van der Waals surface area contributed by atoms with Crippen LogP contribution in [0.1, 0.15) is 48.0 Å². The van der Waals surface area contributed by atoms with Crippen LogP contribution in [-0.4, -0.2) is 48.1 Å². The first-order valence-electron chi connectivity index (χ1n) is 6.40. The van der Waals surface area contributed by atoms with Crippen molar-refractivity contribution in [1.29, 1.82) is 0 Å². The molecule has 1 aliphatic rings. The first kappa shape index (κ1) is 14.9. The second-order valence-electron chi connectivity index (χ2n) is 5.16. The lowest BCUT2D eigenvalue weighted by molar-refractivity contribution is 0.0928. The average Bonchev–Trinajstić information content (AvgIpc) is 2.54. The summed E-state index contributed by atoms with van der Waals surface area (Å²) in [5.74, 6) is 0. The van der Waals surface area contributed by atoms with Crippen LogP contribution in [0.4, 0.5) is 0 Å². The van der Waals surface area contributed by atoms with E-state index in [4.69, 9.17) is 0 Å². The molecule has 1 fully saturated rings. The topological polar surface area (TPSA) is 6.48 Å². The molecular formula is C13H30N2. The Morgan fingerprint density at radius 3 is 2.07 bits per heavy atom. The monoisotopic (exact) mass is 214 g/mol. The van der Waals surface area contributed by atoms with Crippen molar-refractivity contribution >= 4 is 0 Å². The predicted octanol–water partition coefficient (Wildman–Crippen LogP) is 2.84. The highest BCUT2D eigenvalue weighted by Gasteiger charge is 2.31. The average molecular weight is 214 g/mol. The summed E-state index contributed by atoms with van der Waals surface area (Å²) in [5, 5.41) is 0. The number of hydrogen-bond acceptors (Lipinski definition) is 2. The van der Waals surface area contributed by atoms with E-state index in [1.807, 2.05) is 13.8 Å². The van der Waals surface area contributed by atoms with Crippen LogP contribution in [-0.2, 0) is 0 Å². The van der Waals surface area contributed by atoms with Gasteiger partial charge >= 0.3 is 0 Å². The maximum atomic E-state index is 2.62. The molecule has 15 heavy (non-hydrogen) atoms. The third kappa shape index (κ3) is 4.52. The van der Waals surface area contributed by atoms with Gasteiger partial charge in [-0.15, -0.1) is 0 Å². The Morgan fingerprint density at radius 2 is 1.80 bits per heavy atom. The molecule has 2 nitrogen and oxygen atoms in total. The highest BCUT2D eigenvalue weighted by molar-refractivity contribution is 4.87. The molecule has 1 saturated heterocycles. The standard InChI is InChI=1S/C11H24N2.C2H6/c1-6-13(11(2,3)4)10-7-8-12(5)9-10;1-2/h10H,6-9H2,1-5H3;1-2H3. The molecule has 0 aromatic heterocycles. The number of rotatable bonds is 2. The van der Waals surface area contributed by atoms with Crippen LogP contribution >= 0.6 is 0 Å². The third-order valence-electron chi connectivity index (χ3n) is 3.01. The lowest BCUT2D eigenvalue weighted by Crippen LogP contribution is -2.48. The fraction of sp³-hybridized carbons (Fsp3) is 1.00. The van der Waals surface area contributed by atoms with Crippen LogP contribution in [0.15, 0.2) is 0 Å². The molecule has 2 heteroatoms. The van der Waals surface area contributed by atoms with Gasteiger partial charge in [-0.3, -0.25) is 4.90 Å². The molecule has 0 N–H and O–H groups in total. The van der Waals surface area contributed by atoms with E-state index in [9.17, 15) is 0 Å². The molecule has 0 aliphatic carbocycles. The lowest BCUT2D eigenvalue weighted by Gasteiger charge is -2.39. The molecule has 0 amide bonds. The van der Waals surface area contributed by atoms with Gasteiger partial charge in [-0.05, 0) is 47.3 Å². The largest absolute Gasteiger partial charge is 0.305 e. The van der Waals surface area contributed by atoms with Gasteiger partial charge in [0.2, 0.25) is 0 Å². The number of likely N-dealkylation sites (tertiary alicyclic amines) is 1. The van der Waals surface area contributed by atoms with Gasteiger partial charge in [-0.1, -0.05) is 20.8 Å². The van der Waals surface area contributed by atoms with Crippen molar-refractivity contribution in [3.05, 3.63) is 0 Å². The van der Waals surface area contributed by atoms with Crippen LogP contribution in [0, 0.1) is 0 Å². The summed E-state index contributed by atoms with van der Waals surface area (Å²) in [6.45, 7) is 16.9. The quantitative estimate of drug-likeness (QED) is 0.697. The molecule has 1 unspecified atom stereocenters. The maximum Gasteiger partial charge on any atom is 0.0240 e. The molecule has 0 bridgehead atoms.